The lowest BCUT2D eigenvalue weighted by molar-refractivity contribution is -0.237. The van der Waals surface area contributed by atoms with E-state index in [1.165, 1.54) is 96.3 Å². The van der Waals surface area contributed by atoms with Crippen molar-refractivity contribution in [3.8, 4) is 11.5 Å². The molecule has 5 heteroatoms. The van der Waals surface area contributed by atoms with E-state index in [0.717, 1.165) is 68.1 Å². The molecule has 0 fully saturated rings. The number of aromatic hydroxyl groups is 2. The molecular weight excluding hydrogens is 512 g/mol. The average molecular weight is 577 g/mol. The van der Waals surface area contributed by atoms with Gasteiger partial charge in [0.05, 0.1) is 6.61 Å². The lowest BCUT2D eigenvalue weighted by Gasteiger charge is -2.21. The maximum atomic E-state index is 13.1. The standard InChI is InChI=1S/C36H64O5/c1-5-9-12-15-18-21-24-27-30-31(28-25-22-19-16-13-10-6-2)33(36(39)41-40-8-4)35(38)34(37)32(30)29-26-23-20-17-14-11-7-3/h37-38H,5-29H2,1-4H3. The van der Waals surface area contributed by atoms with Gasteiger partial charge < -0.3 is 10.2 Å². The quantitative estimate of drug-likeness (QED) is 0.0471. The minimum atomic E-state index is -0.708. The van der Waals surface area contributed by atoms with Gasteiger partial charge >= 0.3 is 5.97 Å². The van der Waals surface area contributed by atoms with Crippen molar-refractivity contribution in [2.45, 2.75) is 182 Å². The van der Waals surface area contributed by atoms with Crippen LogP contribution in [0.3, 0.4) is 0 Å². The lowest BCUT2D eigenvalue weighted by Crippen LogP contribution is -2.14. The van der Waals surface area contributed by atoms with Crippen molar-refractivity contribution >= 4 is 5.97 Å². The van der Waals surface area contributed by atoms with Gasteiger partial charge in [-0.3, -0.25) is 4.89 Å². The van der Waals surface area contributed by atoms with Crippen LogP contribution in [0, 0.1) is 0 Å². The monoisotopic (exact) mass is 576 g/mol. The molecular formula is C36H64O5. The molecule has 0 atom stereocenters. The molecule has 0 unspecified atom stereocenters. The highest BCUT2D eigenvalue weighted by Crippen LogP contribution is 2.41. The first-order valence-corrected chi connectivity index (χ1v) is 17.4. The molecule has 1 rings (SSSR count). The highest BCUT2D eigenvalue weighted by Gasteiger charge is 2.28. The molecule has 0 aliphatic carbocycles. The summed E-state index contributed by atoms with van der Waals surface area (Å²) in [7, 11) is 0. The summed E-state index contributed by atoms with van der Waals surface area (Å²) >= 11 is 0. The van der Waals surface area contributed by atoms with Gasteiger partial charge in [-0.25, -0.2) is 4.79 Å². The Kier molecular flexibility index (Phi) is 22.6. The third-order valence-electron chi connectivity index (χ3n) is 8.32. The zero-order valence-corrected chi connectivity index (χ0v) is 27.3. The second-order valence-electron chi connectivity index (χ2n) is 11.9. The van der Waals surface area contributed by atoms with Gasteiger partial charge in [0.2, 0.25) is 0 Å². The highest BCUT2D eigenvalue weighted by molar-refractivity contribution is 5.95. The number of phenols is 2. The van der Waals surface area contributed by atoms with Crippen LogP contribution in [0.4, 0.5) is 0 Å². The number of rotatable bonds is 27. The largest absolute Gasteiger partial charge is 0.504 e. The number of carbonyl (C=O) groups excluding carboxylic acids is 1. The maximum absolute atomic E-state index is 13.1. The van der Waals surface area contributed by atoms with E-state index in [9.17, 15) is 15.0 Å². The fraction of sp³-hybridized carbons (Fsp3) is 0.806. The summed E-state index contributed by atoms with van der Waals surface area (Å²) < 4.78 is 0. The van der Waals surface area contributed by atoms with Crippen LogP contribution in [0.25, 0.3) is 0 Å². The van der Waals surface area contributed by atoms with Crippen LogP contribution in [0.2, 0.25) is 0 Å². The van der Waals surface area contributed by atoms with Crippen LogP contribution in [-0.4, -0.2) is 22.8 Å². The Morgan fingerprint density at radius 2 is 0.854 bits per heavy atom. The molecule has 2 N–H and O–H groups in total. The fourth-order valence-corrected chi connectivity index (χ4v) is 5.88. The van der Waals surface area contributed by atoms with E-state index in [4.69, 9.17) is 9.78 Å². The van der Waals surface area contributed by atoms with Crippen molar-refractivity contribution in [1.82, 2.24) is 0 Å². The zero-order valence-electron chi connectivity index (χ0n) is 27.3. The van der Waals surface area contributed by atoms with Crippen LogP contribution in [0.15, 0.2) is 0 Å². The first kappa shape index (κ1) is 37.3. The topological polar surface area (TPSA) is 76.0 Å². The number of unbranched alkanes of at least 4 members (excludes halogenated alkanes) is 18. The van der Waals surface area contributed by atoms with Crippen LogP contribution in [-0.2, 0) is 29.0 Å². The van der Waals surface area contributed by atoms with Gasteiger partial charge in [0.25, 0.3) is 0 Å². The Balaban J connectivity index is 3.18. The summed E-state index contributed by atoms with van der Waals surface area (Å²) in [5.41, 5.74) is 2.87. The van der Waals surface area contributed by atoms with Gasteiger partial charge in [-0.05, 0) is 56.6 Å². The van der Waals surface area contributed by atoms with Crippen LogP contribution < -0.4 is 0 Å². The second-order valence-corrected chi connectivity index (χ2v) is 11.9. The minimum Gasteiger partial charge on any atom is -0.504 e. The second kappa shape index (κ2) is 24.8. The van der Waals surface area contributed by atoms with E-state index in [1.54, 1.807) is 6.92 Å². The summed E-state index contributed by atoms with van der Waals surface area (Å²) in [5.74, 6) is -1.18. The molecule has 5 nitrogen and oxygen atoms in total. The van der Waals surface area contributed by atoms with E-state index >= 15 is 0 Å². The van der Waals surface area contributed by atoms with Crippen LogP contribution in [0.5, 0.6) is 11.5 Å². The Bertz CT molecular complexity index is 804. The molecule has 1 aromatic rings. The van der Waals surface area contributed by atoms with E-state index in [-0.39, 0.29) is 23.7 Å². The third kappa shape index (κ3) is 15.3. The van der Waals surface area contributed by atoms with Crippen molar-refractivity contribution in [2.75, 3.05) is 6.61 Å². The smallest absolute Gasteiger partial charge is 0.377 e. The number of hydrogen-bond acceptors (Lipinski definition) is 5. The van der Waals surface area contributed by atoms with E-state index in [0.29, 0.717) is 6.42 Å². The predicted molar refractivity (Wildman–Crippen MR) is 172 cm³/mol. The molecule has 0 heterocycles. The number of hydrogen-bond donors (Lipinski definition) is 2. The maximum Gasteiger partial charge on any atom is 0.377 e. The third-order valence-corrected chi connectivity index (χ3v) is 8.32. The molecule has 0 aliphatic heterocycles. The molecule has 1 aromatic carbocycles. The van der Waals surface area contributed by atoms with Gasteiger partial charge in [0, 0.05) is 5.56 Å². The fourth-order valence-electron chi connectivity index (χ4n) is 5.88. The normalized spacial score (nSPS) is 11.3. The van der Waals surface area contributed by atoms with E-state index < -0.39 is 5.97 Å². The Hall–Kier alpha value is -1.75. The number of phenolic OH excluding ortho intramolecular Hbond substituents is 2. The molecule has 0 spiro atoms. The summed E-state index contributed by atoms with van der Waals surface area (Å²) in [6.45, 7) is 8.69. The molecule has 0 radical (unpaired) electrons. The Morgan fingerprint density at radius 1 is 0.488 bits per heavy atom. The Labute approximate surface area is 252 Å². The van der Waals surface area contributed by atoms with Gasteiger partial charge in [-0.2, -0.15) is 4.89 Å². The summed E-state index contributed by atoms with van der Waals surface area (Å²) in [4.78, 5) is 23.1. The SMILES string of the molecule is CCCCCCCCCc1c(O)c(O)c(C(=O)OOCC)c(CCCCCCCCC)c1CCCCCCCCC. The van der Waals surface area contributed by atoms with Crippen molar-refractivity contribution in [1.29, 1.82) is 0 Å². The molecule has 0 aliphatic rings. The summed E-state index contributed by atoms with van der Waals surface area (Å²) in [5, 5.41) is 22.4. The average Bonchev–Trinajstić information content (AvgIpc) is 2.97. The van der Waals surface area contributed by atoms with Gasteiger partial charge in [0.1, 0.15) is 5.56 Å². The summed E-state index contributed by atoms with van der Waals surface area (Å²) in [6, 6.07) is 0. The molecule has 0 bridgehead atoms. The minimum absolute atomic E-state index is 0.100. The number of benzene rings is 1. The van der Waals surface area contributed by atoms with Crippen molar-refractivity contribution in [3.63, 3.8) is 0 Å². The van der Waals surface area contributed by atoms with E-state index in [2.05, 4.69) is 20.8 Å². The van der Waals surface area contributed by atoms with Gasteiger partial charge in [-0.1, -0.05) is 136 Å². The number of carbonyl (C=O) groups is 1. The first-order valence-electron chi connectivity index (χ1n) is 17.4. The molecule has 0 saturated carbocycles. The molecule has 41 heavy (non-hydrogen) atoms. The molecule has 238 valence electrons. The van der Waals surface area contributed by atoms with Crippen LogP contribution >= 0.6 is 0 Å². The lowest BCUT2D eigenvalue weighted by atomic mass is 9.85. The molecule has 0 aromatic heterocycles. The Morgan fingerprint density at radius 3 is 1.27 bits per heavy atom. The van der Waals surface area contributed by atoms with E-state index in [1.807, 2.05) is 0 Å². The van der Waals surface area contributed by atoms with Crippen molar-refractivity contribution in [3.05, 3.63) is 22.3 Å². The van der Waals surface area contributed by atoms with Crippen molar-refractivity contribution in [2.24, 2.45) is 0 Å². The summed E-state index contributed by atoms with van der Waals surface area (Å²) in [6.07, 6.45) is 27.3. The highest BCUT2D eigenvalue weighted by atomic mass is 17.2. The zero-order chi connectivity index (χ0) is 30.1. The van der Waals surface area contributed by atoms with Gasteiger partial charge in [-0.15, -0.1) is 0 Å². The molecule has 0 saturated heterocycles. The molecule has 0 amide bonds. The van der Waals surface area contributed by atoms with Crippen LogP contribution in [0.1, 0.15) is 190 Å². The van der Waals surface area contributed by atoms with Crippen molar-refractivity contribution < 1.29 is 24.8 Å². The van der Waals surface area contributed by atoms with Gasteiger partial charge in [0.15, 0.2) is 11.5 Å². The first-order chi connectivity index (χ1) is 20.0. The predicted octanol–water partition coefficient (Wildman–Crippen LogP) is 11.1.